The van der Waals surface area contributed by atoms with Crippen molar-refractivity contribution in [3.8, 4) is 28.8 Å². The third-order valence-electron chi connectivity index (χ3n) is 13.7. The molecular formula is C50H55ClF5N7O5. The van der Waals surface area contributed by atoms with Gasteiger partial charge in [-0.15, -0.1) is 0 Å². The number of halogens is 6. The predicted octanol–water partition coefficient (Wildman–Crippen LogP) is 10.6. The zero-order valence-corrected chi connectivity index (χ0v) is 39.7. The normalized spacial score (nSPS) is 21.6. The molecule has 4 aliphatic heterocycles. The lowest BCUT2D eigenvalue weighted by molar-refractivity contribution is -0.137. The molecule has 68 heavy (non-hydrogen) atoms. The SMILES string of the molecule is COc1ccc(CN(Cc2ccc(OC)cc2)c2cc(C)c(C(F)(F)F)c(-c3c(Cl)cc4c(N5CCC6C5CCN6C(=O)OC(C)(C)C)nc(OC[C@]56CCCN5C[C@H](F)C6)nc4c3F)n2)cc1. The van der Waals surface area contributed by atoms with Crippen molar-refractivity contribution in [2.24, 2.45) is 0 Å². The number of methoxy groups -OCH3 is 2. The Morgan fingerprint density at radius 1 is 0.897 bits per heavy atom. The van der Waals surface area contributed by atoms with Crippen molar-refractivity contribution in [1.29, 1.82) is 0 Å². The van der Waals surface area contributed by atoms with Crippen molar-refractivity contribution >= 4 is 40.2 Å². The molecule has 1 amide bonds. The third kappa shape index (κ3) is 9.27. The van der Waals surface area contributed by atoms with Gasteiger partial charge in [0.2, 0.25) is 0 Å². The van der Waals surface area contributed by atoms with Gasteiger partial charge in [0.25, 0.3) is 0 Å². The fourth-order valence-electron chi connectivity index (χ4n) is 10.6. The number of hydrogen-bond acceptors (Lipinski definition) is 11. The first-order chi connectivity index (χ1) is 32.3. The highest BCUT2D eigenvalue weighted by Gasteiger charge is 2.50. The first-order valence-corrected chi connectivity index (χ1v) is 23.3. The highest BCUT2D eigenvalue weighted by Crippen LogP contribution is 2.47. The number of carbonyl (C=O) groups is 1. The average Bonchev–Trinajstić information content (AvgIpc) is 4.06. The number of benzene rings is 3. The maximum absolute atomic E-state index is 17.9. The summed E-state index contributed by atoms with van der Waals surface area (Å²) in [5.74, 6) is 0.514. The molecule has 5 aromatic rings. The maximum atomic E-state index is 17.9. The van der Waals surface area contributed by atoms with E-state index in [2.05, 4.69) is 14.9 Å². The first-order valence-electron chi connectivity index (χ1n) is 22.9. The number of ether oxygens (including phenoxy) is 4. The standard InChI is InChI=1S/C50H55ClF5N7O5/c1-29-22-39(60(25-30-8-12-33(65-5)13-9-30)26-31-10-14-34(66-6)15-11-31)57-44(41(29)50(54,55)56)40-36(51)23-35-43(42(40)53)58-46(67-28-49-18-7-19-61(49)27-32(52)24-49)59-45(35)62-20-16-38-37(62)17-21-63(38)47(64)68-48(2,3)4/h8-15,22-23,32,37-38H,7,16-21,24-28H2,1-6H3/t32-,37?,38?,49-/m1/s1. The van der Waals surface area contributed by atoms with Crippen LogP contribution in [0.25, 0.3) is 22.2 Å². The highest BCUT2D eigenvalue weighted by molar-refractivity contribution is 6.34. The van der Waals surface area contributed by atoms with E-state index in [4.69, 9.17) is 35.5 Å². The monoisotopic (exact) mass is 963 g/mol. The van der Waals surface area contributed by atoms with Gasteiger partial charge in [-0.3, -0.25) is 4.90 Å². The number of rotatable bonds is 12. The fraction of sp³-hybridized carbons (Fsp3) is 0.480. The van der Waals surface area contributed by atoms with E-state index < -0.39 is 52.2 Å². The van der Waals surface area contributed by atoms with Crippen LogP contribution in [0.3, 0.4) is 0 Å². The van der Waals surface area contributed by atoms with Gasteiger partial charge in [0.15, 0.2) is 5.82 Å². The van der Waals surface area contributed by atoms with E-state index in [1.165, 1.54) is 19.1 Å². The molecule has 4 fully saturated rings. The summed E-state index contributed by atoms with van der Waals surface area (Å²) in [5.41, 5.74) is -2.66. The quantitative estimate of drug-likeness (QED) is 0.112. The van der Waals surface area contributed by atoms with Gasteiger partial charge in [-0.05, 0) is 113 Å². The minimum Gasteiger partial charge on any atom is -0.497 e. The number of aryl methyl sites for hydroxylation is 1. The number of anilines is 2. The number of fused-ring (bicyclic) bond motifs is 3. The summed E-state index contributed by atoms with van der Waals surface area (Å²) in [6.45, 7) is 8.97. The molecule has 362 valence electrons. The van der Waals surface area contributed by atoms with Crippen LogP contribution in [0.4, 0.5) is 38.4 Å². The maximum Gasteiger partial charge on any atom is 0.418 e. The van der Waals surface area contributed by atoms with Crippen molar-refractivity contribution in [2.45, 2.75) is 108 Å². The summed E-state index contributed by atoms with van der Waals surface area (Å²) >= 11 is 7.04. The van der Waals surface area contributed by atoms with Gasteiger partial charge in [0.1, 0.15) is 47.0 Å². The molecule has 4 atom stereocenters. The van der Waals surface area contributed by atoms with Gasteiger partial charge in [0.05, 0.1) is 53.7 Å². The van der Waals surface area contributed by atoms with Crippen LogP contribution in [-0.2, 0) is 24.0 Å². The van der Waals surface area contributed by atoms with E-state index in [9.17, 15) is 9.18 Å². The Balaban J connectivity index is 1.17. The van der Waals surface area contributed by atoms with E-state index in [0.29, 0.717) is 50.4 Å². The Morgan fingerprint density at radius 2 is 1.54 bits per heavy atom. The molecule has 0 saturated carbocycles. The number of likely N-dealkylation sites (tertiary alicyclic amines) is 1. The van der Waals surface area contributed by atoms with Crippen LogP contribution in [0.15, 0.2) is 60.7 Å². The Labute approximate surface area is 397 Å². The van der Waals surface area contributed by atoms with Crippen LogP contribution >= 0.6 is 11.6 Å². The molecule has 3 aromatic carbocycles. The summed E-state index contributed by atoms with van der Waals surface area (Å²) in [5, 5.41) is -0.190. The number of carbonyl (C=O) groups excluding carboxylic acids is 1. The molecule has 0 bridgehead atoms. The second-order valence-corrected chi connectivity index (χ2v) is 19.7. The Hall–Kier alpha value is -5.68. The van der Waals surface area contributed by atoms with E-state index in [0.717, 1.165) is 17.5 Å². The van der Waals surface area contributed by atoms with Crippen LogP contribution in [0.2, 0.25) is 5.02 Å². The zero-order chi connectivity index (χ0) is 48.3. The molecular weight excluding hydrogens is 909 g/mol. The number of amides is 1. The second kappa shape index (κ2) is 18.3. The molecule has 2 aromatic heterocycles. The van der Waals surface area contributed by atoms with Crippen LogP contribution in [0.1, 0.15) is 75.1 Å². The Kier molecular flexibility index (Phi) is 12.8. The average molecular weight is 964 g/mol. The molecule has 0 radical (unpaired) electrons. The number of alkyl halides is 4. The fourth-order valence-corrected chi connectivity index (χ4v) is 10.9. The van der Waals surface area contributed by atoms with Gasteiger partial charge >= 0.3 is 18.3 Å². The van der Waals surface area contributed by atoms with Gasteiger partial charge in [0, 0.05) is 44.5 Å². The molecule has 4 saturated heterocycles. The van der Waals surface area contributed by atoms with Gasteiger partial charge in [-0.2, -0.15) is 23.1 Å². The molecule has 0 spiro atoms. The highest BCUT2D eigenvalue weighted by atomic mass is 35.5. The minimum absolute atomic E-state index is 0.0259. The topological polar surface area (TPSA) is 106 Å². The molecule has 2 unspecified atom stereocenters. The Morgan fingerprint density at radius 3 is 2.16 bits per heavy atom. The lowest BCUT2D eigenvalue weighted by Crippen LogP contribution is -2.43. The Bertz CT molecular complexity index is 2640. The summed E-state index contributed by atoms with van der Waals surface area (Å²) in [4.78, 5) is 35.0. The smallest absolute Gasteiger partial charge is 0.418 e. The molecule has 0 N–H and O–H groups in total. The summed E-state index contributed by atoms with van der Waals surface area (Å²) < 4.78 is 102. The van der Waals surface area contributed by atoms with Crippen LogP contribution in [0, 0.1) is 12.7 Å². The van der Waals surface area contributed by atoms with Gasteiger partial charge < -0.3 is 33.6 Å². The van der Waals surface area contributed by atoms with Gasteiger partial charge in [-0.1, -0.05) is 35.9 Å². The molecule has 18 heteroatoms. The molecule has 12 nitrogen and oxygen atoms in total. The second-order valence-electron chi connectivity index (χ2n) is 19.3. The van der Waals surface area contributed by atoms with Crippen molar-refractivity contribution in [2.75, 3.05) is 56.8 Å². The van der Waals surface area contributed by atoms with Crippen molar-refractivity contribution in [3.63, 3.8) is 0 Å². The van der Waals surface area contributed by atoms with Crippen molar-refractivity contribution < 1.29 is 45.7 Å². The summed E-state index contributed by atoms with van der Waals surface area (Å²) in [7, 11) is 3.11. The number of pyridine rings is 1. The summed E-state index contributed by atoms with van der Waals surface area (Å²) in [6, 6.07) is 16.6. The van der Waals surface area contributed by atoms with E-state index in [1.807, 2.05) is 34.1 Å². The zero-order valence-electron chi connectivity index (χ0n) is 38.9. The van der Waals surface area contributed by atoms with Crippen LogP contribution in [0.5, 0.6) is 17.5 Å². The molecule has 9 rings (SSSR count). The predicted molar refractivity (Wildman–Crippen MR) is 249 cm³/mol. The van der Waals surface area contributed by atoms with E-state index >= 15 is 17.6 Å². The minimum atomic E-state index is -4.98. The van der Waals surface area contributed by atoms with E-state index in [-0.39, 0.29) is 83.9 Å². The summed E-state index contributed by atoms with van der Waals surface area (Å²) in [6.07, 6.45) is -3.57. The van der Waals surface area contributed by atoms with Crippen LogP contribution < -0.4 is 24.0 Å². The van der Waals surface area contributed by atoms with Crippen LogP contribution in [-0.4, -0.2) is 107 Å². The lowest BCUT2D eigenvalue weighted by atomic mass is 9.95. The van der Waals surface area contributed by atoms with Crippen molar-refractivity contribution in [3.05, 3.63) is 93.8 Å². The lowest BCUT2D eigenvalue weighted by Gasteiger charge is -2.31. The number of hydrogen-bond donors (Lipinski definition) is 0. The molecule has 4 aliphatic rings. The number of aromatic nitrogens is 3. The van der Waals surface area contributed by atoms with Crippen molar-refractivity contribution in [1.82, 2.24) is 24.8 Å². The molecule has 0 aliphatic carbocycles. The largest absolute Gasteiger partial charge is 0.497 e. The van der Waals surface area contributed by atoms with Gasteiger partial charge in [-0.25, -0.2) is 18.6 Å². The third-order valence-corrected chi connectivity index (χ3v) is 14.0. The molecule has 6 heterocycles. The number of nitrogens with zero attached hydrogens (tertiary/aromatic N) is 7. The van der Waals surface area contributed by atoms with E-state index in [1.54, 1.807) is 64.2 Å². The first kappa shape index (κ1) is 47.4.